The van der Waals surface area contributed by atoms with Crippen molar-refractivity contribution in [3.63, 3.8) is 0 Å². The van der Waals surface area contributed by atoms with Gasteiger partial charge in [0.05, 0.1) is 51.2 Å². The van der Waals surface area contributed by atoms with Gasteiger partial charge in [-0.1, -0.05) is 109 Å². The number of methoxy groups -OCH3 is 4. The minimum Gasteiger partial charge on any atom is -0.496 e. The second kappa shape index (κ2) is 13.9. The molecule has 6 aromatic carbocycles. The van der Waals surface area contributed by atoms with E-state index in [-0.39, 0.29) is 0 Å². The lowest BCUT2D eigenvalue weighted by atomic mass is 9.89. The Hall–Kier alpha value is -6.66. The molecule has 0 atom stereocenters. The Kier molecular flexibility index (Phi) is 8.71. The molecule has 6 heteroatoms. The fourth-order valence-electron chi connectivity index (χ4n) is 7.21. The zero-order valence-electron chi connectivity index (χ0n) is 29.4. The topological polar surface area (TPSA) is 62.7 Å². The molecule has 0 bridgehead atoms. The predicted octanol–water partition coefficient (Wildman–Crippen LogP) is 11.2. The van der Waals surface area contributed by atoms with Crippen LogP contribution in [0, 0.1) is 0 Å². The molecule has 0 fully saturated rings. The molecule has 2 aromatic heterocycles. The van der Waals surface area contributed by atoms with Gasteiger partial charge in [-0.2, -0.15) is 0 Å². The van der Waals surface area contributed by atoms with E-state index < -0.39 is 0 Å². The molecule has 0 radical (unpaired) electrons. The first kappa shape index (κ1) is 32.5. The van der Waals surface area contributed by atoms with Crippen LogP contribution in [0.4, 0.5) is 0 Å². The second-order valence-electron chi connectivity index (χ2n) is 12.3. The zero-order valence-corrected chi connectivity index (χ0v) is 29.4. The minimum absolute atomic E-state index is 0.714. The maximum atomic E-state index is 5.95. The van der Waals surface area contributed by atoms with Crippen molar-refractivity contribution in [2.24, 2.45) is 0 Å². The molecular weight excluding hydrogens is 645 g/mol. The molecule has 0 aliphatic heterocycles. The maximum Gasteiger partial charge on any atom is 0.128 e. The van der Waals surface area contributed by atoms with Crippen molar-refractivity contribution in [1.82, 2.24) is 9.97 Å². The van der Waals surface area contributed by atoms with Crippen LogP contribution in [0.2, 0.25) is 0 Å². The average molecular weight is 681 g/mol. The van der Waals surface area contributed by atoms with E-state index in [0.717, 1.165) is 89.2 Å². The number of aromatic nitrogens is 2. The number of nitrogens with zero attached hydrogens (tertiary/aromatic N) is 2. The summed E-state index contributed by atoms with van der Waals surface area (Å²) in [6.45, 7) is 0. The summed E-state index contributed by atoms with van der Waals surface area (Å²) < 4.78 is 23.8. The first-order valence-electron chi connectivity index (χ1n) is 17.1. The third-order valence-electron chi connectivity index (χ3n) is 9.52. The van der Waals surface area contributed by atoms with Crippen LogP contribution in [-0.2, 0) is 0 Å². The molecule has 2 heterocycles. The molecule has 0 aliphatic carbocycles. The molecular formula is C46H36N2O4. The van der Waals surface area contributed by atoms with Crippen LogP contribution in [0.5, 0.6) is 23.0 Å². The van der Waals surface area contributed by atoms with E-state index in [9.17, 15) is 0 Å². The van der Waals surface area contributed by atoms with Gasteiger partial charge in [-0.15, -0.1) is 0 Å². The van der Waals surface area contributed by atoms with Gasteiger partial charge >= 0.3 is 0 Å². The van der Waals surface area contributed by atoms with Gasteiger partial charge < -0.3 is 18.9 Å². The summed E-state index contributed by atoms with van der Waals surface area (Å²) in [5.41, 5.74) is 8.48. The van der Waals surface area contributed by atoms with Gasteiger partial charge in [-0.05, 0) is 47.2 Å². The first-order chi connectivity index (χ1) is 25.7. The molecule has 6 nitrogen and oxygen atoms in total. The summed E-state index contributed by atoms with van der Waals surface area (Å²) in [7, 11) is 6.78. The monoisotopic (exact) mass is 680 g/mol. The Labute approximate surface area is 302 Å². The average Bonchev–Trinajstić information content (AvgIpc) is 3.22. The number of rotatable bonds is 9. The van der Waals surface area contributed by atoms with Gasteiger partial charge in [0.1, 0.15) is 23.0 Å². The van der Waals surface area contributed by atoms with Crippen molar-refractivity contribution in [3.8, 4) is 79.2 Å². The van der Waals surface area contributed by atoms with Gasteiger partial charge in [0.25, 0.3) is 0 Å². The van der Waals surface area contributed by atoms with Crippen molar-refractivity contribution in [3.05, 3.63) is 146 Å². The molecule has 0 saturated carbocycles. The van der Waals surface area contributed by atoms with Gasteiger partial charge in [0.15, 0.2) is 0 Å². The largest absolute Gasteiger partial charge is 0.496 e. The highest BCUT2D eigenvalue weighted by atomic mass is 16.5. The van der Waals surface area contributed by atoms with E-state index in [2.05, 4.69) is 72.8 Å². The van der Waals surface area contributed by atoms with E-state index >= 15 is 0 Å². The highest BCUT2D eigenvalue weighted by Crippen LogP contribution is 2.49. The van der Waals surface area contributed by atoms with Crippen molar-refractivity contribution < 1.29 is 18.9 Å². The lowest BCUT2D eigenvalue weighted by molar-refractivity contribution is 0.415. The zero-order chi connectivity index (χ0) is 35.6. The number of hydrogen-bond donors (Lipinski definition) is 0. The summed E-state index contributed by atoms with van der Waals surface area (Å²) in [4.78, 5) is 11.2. The smallest absolute Gasteiger partial charge is 0.128 e. The molecule has 8 aromatic rings. The van der Waals surface area contributed by atoms with E-state index in [0.29, 0.717) is 11.5 Å². The highest BCUT2D eigenvalue weighted by Gasteiger charge is 2.26. The molecule has 0 N–H and O–H groups in total. The Bertz CT molecular complexity index is 2420. The van der Waals surface area contributed by atoms with Gasteiger partial charge in [-0.3, -0.25) is 0 Å². The fourth-order valence-corrected chi connectivity index (χ4v) is 7.21. The van der Waals surface area contributed by atoms with Crippen LogP contribution in [0.15, 0.2) is 146 Å². The fraction of sp³-hybridized carbons (Fsp3) is 0.0870. The van der Waals surface area contributed by atoms with Crippen molar-refractivity contribution in [1.29, 1.82) is 0 Å². The highest BCUT2D eigenvalue weighted by molar-refractivity contribution is 6.14. The molecule has 0 amide bonds. The first-order valence-corrected chi connectivity index (χ1v) is 17.1. The Morgan fingerprint density at radius 1 is 0.288 bits per heavy atom. The third kappa shape index (κ3) is 5.46. The lowest BCUT2D eigenvalue weighted by Gasteiger charge is -2.22. The standard InChI is InChI=1S/C46H36N2O4/c1-49-37-25-13-9-21-33(37)41-29-17-5-7-19-31(29)45(47-43(41)35-23-11-15-27-39(35)51-3)46-32-20-8-6-18-30(32)42(34-22-10-14-26-38(34)50-2)44(48-46)36-24-12-16-28-40(36)52-4/h5-28H,1-4H3. The van der Waals surface area contributed by atoms with Gasteiger partial charge in [-0.25, -0.2) is 9.97 Å². The molecule has 8 rings (SSSR count). The van der Waals surface area contributed by atoms with E-state index in [4.69, 9.17) is 28.9 Å². The SMILES string of the molecule is COc1ccccc1-c1nc(-c2nc(-c3ccccc3OC)c(-c3ccccc3OC)c3ccccc23)c2ccccc2c1-c1ccccc1OC. The Morgan fingerprint density at radius 2 is 0.558 bits per heavy atom. The number of pyridine rings is 2. The van der Waals surface area contributed by atoms with Gasteiger partial charge in [0, 0.05) is 44.2 Å². The maximum absolute atomic E-state index is 5.95. The molecule has 0 saturated heterocycles. The number of fused-ring (bicyclic) bond motifs is 2. The van der Waals surface area contributed by atoms with Crippen LogP contribution in [0.25, 0.3) is 77.7 Å². The minimum atomic E-state index is 0.714. The predicted molar refractivity (Wildman–Crippen MR) is 210 cm³/mol. The normalized spacial score (nSPS) is 11.1. The van der Waals surface area contributed by atoms with E-state index in [1.54, 1.807) is 28.4 Å². The van der Waals surface area contributed by atoms with Crippen LogP contribution in [0.1, 0.15) is 0 Å². The number of hydrogen-bond acceptors (Lipinski definition) is 6. The number of para-hydroxylation sites is 4. The van der Waals surface area contributed by atoms with E-state index in [1.165, 1.54) is 0 Å². The van der Waals surface area contributed by atoms with E-state index in [1.807, 2.05) is 72.8 Å². The van der Waals surface area contributed by atoms with Crippen molar-refractivity contribution in [2.75, 3.05) is 28.4 Å². The van der Waals surface area contributed by atoms with Crippen LogP contribution in [0.3, 0.4) is 0 Å². The summed E-state index contributed by atoms with van der Waals surface area (Å²) in [5, 5.41) is 3.93. The molecule has 52 heavy (non-hydrogen) atoms. The molecule has 0 aliphatic rings. The Morgan fingerprint density at radius 3 is 0.904 bits per heavy atom. The number of ether oxygens (including phenoxy) is 4. The quantitative estimate of drug-likeness (QED) is 0.151. The summed E-state index contributed by atoms with van der Waals surface area (Å²) in [6, 6.07) is 48.9. The van der Waals surface area contributed by atoms with Gasteiger partial charge in [0.2, 0.25) is 0 Å². The summed E-state index contributed by atoms with van der Waals surface area (Å²) >= 11 is 0. The summed E-state index contributed by atoms with van der Waals surface area (Å²) in [5.74, 6) is 2.93. The number of benzene rings is 6. The molecule has 254 valence electrons. The van der Waals surface area contributed by atoms with Crippen molar-refractivity contribution in [2.45, 2.75) is 0 Å². The Balaban J connectivity index is 1.56. The third-order valence-corrected chi connectivity index (χ3v) is 9.52. The summed E-state index contributed by atoms with van der Waals surface area (Å²) in [6.07, 6.45) is 0. The van der Waals surface area contributed by atoms with Crippen molar-refractivity contribution >= 4 is 21.5 Å². The second-order valence-corrected chi connectivity index (χ2v) is 12.3. The molecule has 0 unspecified atom stereocenters. The van der Waals surface area contributed by atoms with Crippen LogP contribution in [-0.4, -0.2) is 38.4 Å². The lowest BCUT2D eigenvalue weighted by Crippen LogP contribution is -2.02. The van der Waals surface area contributed by atoms with Crippen LogP contribution >= 0.6 is 0 Å². The van der Waals surface area contributed by atoms with Crippen LogP contribution < -0.4 is 18.9 Å². The molecule has 0 spiro atoms.